The number of hydrogen-bond acceptors (Lipinski definition) is 10. The van der Waals surface area contributed by atoms with Crippen LogP contribution in [0.5, 0.6) is 0 Å². The van der Waals surface area contributed by atoms with Crippen molar-refractivity contribution in [3.8, 4) is 0 Å². The Bertz CT molecular complexity index is 1620. The van der Waals surface area contributed by atoms with Crippen LogP contribution in [-0.4, -0.2) is 67.2 Å². The van der Waals surface area contributed by atoms with Crippen molar-refractivity contribution >= 4 is 29.7 Å². The summed E-state index contributed by atoms with van der Waals surface area (Å²) >= 11 is 1.41. The molecule has 2 aliphatic rings. The molecule has 0 amide bonds. The molecule has 0 saturated carbocycles. The largest absolute Gasteiger partial charge is 0.459 e. The van der Waals surface area contributed by atoms with Crippen molar-refractivity contribution in [3.63, 3.8) is 0 Å². The molecular formula is C36H32O9S. The SMILES string of the molecule is CO[C@]1(c2ccccc2)CS[C@@H]2O[C@H](COC(=O)c3ccccc3)[C@@H](OC(=O)c3ccccc3)[C@H](OC(=O)c3ccccc3)[C@H]2O1. The fraction of sp³-hybridized carbons (Fsp3) is 0.250. The maximum Gasteiger partial charge on any atom is 0.338 e. The molecule has 6 rings (SSSR count). The summed E-state index contributed by atoms with van der Waals surface area (Å²) in [7, 11) is 1.54. The highest BCUT2D eigenvalue weighted by Crippen LogP contribution is 2.46. The summed E-state index contributed by atoms with van der Waals surface area (Å²) in [5.41, 5.74) is 1.01. The van der Waals surface area contributed by atoms with Gasteiger partial charge in [-0.25, -0.2) is 14.4 Å². The van der Waals surface area contributed by atoms with E-state index in [0.717, 1.165) is 5.56 Å². The van der Waals surface area contributed by atoms with Crippen LogP contribution in [0.3, 0.4) is 0 Å². The Morgan fingerprint density at radius 2 is 1.17 bits per heavy atom. The number of esters is 3. The number of ether oxygens (including phenoxy) is 6. The van der Waals surface area contributed by atoms with E-state index in [1.165, 1.54) is 11.8 Å². The smallest absolute Gasteiger partial charge is 0.338 e. The van der Waals surface area contributed by atoms with E-state index in [1.54, 1.807) is 98.1 Å². The summed E-state index contributed by atoms with van der Waals surface area (Å²) in [6, 6.07) is 34.9. The van der Waals surface area contributed by atoms with Crippen molar-refractivity contribution in [3.05, 3.63) is 144 Å². The second-order valence-corrected chi connectivity index (χ2v) is 11.8. The van der Waals surface area contributed by atoms with Crippen LogP contribution in [0.25, 0.3) is 0 Å². The summed E-state index contributed by atoms with van der Waals surface area (Å²) in [4.78, 5) is 40.0. The molecule has 2 aliphatic heterocycles. The Morgan fingerprint density at radius 1 is 0.696 bits per heavy atom. The lowest BCUT2D eigenvalue weighted by Gasteiger charge is -2.51. The highest BCUT2D eigenvalue weighted by molar-refractivity contribution is 7.99. The number of hydrogen-bond donors (Lipinski definition) is 0. The molecule has 9 nitrogen and oxygen atoms in total. The van der Waals surface area contributed by atoms with E-state index >= 15 is 0 Å². The van der Waals surface area contributed by atoms with E-state index in [1.807, 2.05) is 30.3 Å². The van der Waals surface area contributed by atoms with E-state index < -0.39 is 53.5 Å². The highest BCUT2D eigenvalue weighted by Gasteiger charge is 2.57. The van der Waals surface area contributed by atoms with Crippen LogP contribution >= 0.6 is 11.8 Å². The van der Waals surface area contributed by atoms with Gasteiger partial charge in [0.1, 0.15) is 24.3 Å². The summed E-state index contributed by atoms with van der Waals surface area (Å²) in [6.07, 6.45) is -4.35. The van der Waals surface area contributed by atoms with Crippen LogP contribution in [0.1, 0.15) is 36.6 Å². The summed E-state index contributed by atoms with van der Waals surface area (Å²) < 4.78 is 37.0. The zero-order chi connectivity index (χ0) is 31.9. The first kappa shape index (κ1) is 31.5. The minimum absolute atomic E-state index is 0.280. The number of methoxy groups -OCH3 is 1. The van der Waals surface area contributed by atoms with Crippen molar-refractivity contribution < 1.29 is 42.8 Å². The van der Waals surface area contributed by atoms with Gasteiger partial charge in [-0.2, -0.15) is 0 Å². The molecular weight excluding hydrogens is 608 g/mol. The maximum atomic E-state index is 13.6. The van der Waals surface area contributed by atoms with Gasteiger partial charge < -0.3 is 28.4 Å². The first-order valence-electron chi connectivity index (χ1n) is 14.8. The average molecular weight is 641 g/mol. The Morgan fingerprint density at radius 3 is 1.70 bits per heavy atom. The maximum absolute atomic E-state index is 13.6. The van der Waals surface area contributed by atoms with E-state index in [4.69, 9.17) is 28.4 Å². The van der Waals surface area contributed by atoms with Gasteiger partial charge in [0.05, 0.1) is 22.4 Å². The Hall–Kier alpha value is -4.48. The van der Waals surface area contributed by atoms with Crippen LogP contribution in [0.15, 0.2) is 121 Å². The third-order valence-electron chi connectivity index (χ3n) is 7.79. The van der Waals surface area contributed by atoms with Gasteiger partial charge >= 0.3 is 17.9 Å². The molecule has 0 N–H and O–H groups in total. The molecule has 0 unspecified atom stereocenters. The first-order chi connectivity index (χ1) is 22.5. The lowest BCUT2D eigenvalue weighted by atomic mass is 9.97. The molecule has 2 heterocycles. The molecule has 10 heteroatoms. The van der Waals surface area contributed by atoms with E-state index in [0.29, 0.717) is 16.9 Å². The third kappa shape index (κ3) is 6.85. The molecule has 236 valence electrons. The van der Waals surface area contributed by atoms with Crippen molar-refractivity contribution in [1.29, 1.82) is 0 Å². The van der Waals surface area contributed by atoms with E-state index in [2.05, 4.69) is 0 Å². The average Bonchev–Trinajstić information content (AvgIpc) is 3.12. The molecule has 6 atom stereocenters. The number of thioether (sulfide) groups is 1. The second-order valence-electron chi connectivity index (χ2n) is 10.7. The summed E-state index contributed by atoms with van der Waals surface area (Å²) in [5.74, 6) is -2.76. The topological polar surface area (TPSA) is 107 Å². The fourth-order valence-corrected chi connectivity index (χ4v) is 6.77. The summed E-state index contributed by atoms with van der Waals surface area (Å²) in [6.45, 7) is -0.280. The minimum Gasteiger partial charge on any atom is -0.459 e. The molecule has 4 aromatic carbocycles. The number of carbonyl (C=O) groups is 3. The van der Waals surface area contributed by atoms with Crippen LogP contribution in [0.4, 0.5) is 0 Å². The van der Waals surface area contributed by atoms with E-state index in [-0.39, 0.29) is 12.2 Å². The predicted octanol–water partition coefficient (Wildman–Crippen LogP) is 5.65. The number of fused-ring (bicyclic) bond motifs is 1. The van der Waals surface area contributed by atoms with Gasteiger partial charge in [-0.15, -0.1) is 11.8 Å². The van der Waals surface area contributed by atoms with Gasteiger partial charge in [0, 0.05) is 12.7 Å². The number of rotatable bonds is 9. The lowest BCUT2D eigenvalue weighted by molar-refractivity contribution is -0.307. The van der Waals surface area contributed by atoms with Crippen molar-refractivity contribution in [1.82, 2.24) is 0 Å². The number of benzene rings is 4. The first-order valence-corrected chi connectivity index (χ1v) is 15.8. The third-order valence-corrected chi connectivity index (χ3v) is 9.05. The molecule has 2 fully saturated rings. The van der Waals surface area contributed by atoms with Crippen LogP contribution in [-0.2, 0) is 34.2 Å². The van der Waals surface area contributed by atoms with Gasteiger partial charge in [0.15, 0.2) is 12.2 Å². The molecule has 0 bridgehead atoms. The number of carbonyl (C=O) groups excluding carboxylic acids is 3. The second kappa shape index (κ2) is 14.3. The molecule has 4 aromatic rings. The summed E-state index contributed by atoms with van der Waals surface area (Å²) in [5, 5.41) is 0. The molecule has 2 saturated heterocycles. The Kier molecular flexibility index (Phi) is 9.79. The lowest BCUT2D eigenvalue weighted by Crippen LogP contribution is -2.65. The van der Waals surface area contributed by atoms with Gasteiger partial charge in [0.25, 0.3) is 0 Å². The van der Waals surface area contributed by atoms with Crippen molar-refractivity contribution in [2.24, 2.45) is 0 Å². The van der Waals surface area contributed by atoms with Crippen LogP contribution in [0, 0.1) is 0 Å². The molecule has 0 spiro atoms. The van der Waals surface area contributed by atoms with Crippen molar-refractivity contribution in [2.45, 2.75) is 35.6 Å². The quantitative estimate of drug-likeness (QED) is 0.168. The van der Waals surface area contributed by atoms with Gasteiger partial charge in [-0.3, -0.25) is 0 Å². The molecule has 0 aliphatic carbocycles. The fourth-order valence-electron chi connectivity index (χ4n) is 5.41. The standard InChI is InChI=1S/C36H32O9S/c1-40-36(27-20-12-5-13-21-27)23-46-35-31(45-36)30(44-34(39)26-18-10-4-11-19-26)29(43-33(38)25-16-8-3-9-17-25)28(42-35)22-41-32(37)24-14-6-2-7-15-24/h2-21,28-31,35H,22-23H2,1H3/t28-,29-,30+,31-,35+,36-/m1/s1. The van der Waals surface area contributed by atoms with Crippen LogP contribution < -0.4 is 0 Å². The Labute approximate surface area is 270 Å². The van der Waals surface area contributed by atoms with Gasteiger partial charge in [-0.1, -0.05) is 84.9 Å². The van der Waals surface area contributed by atoms with Gasteiger partial charge in [0.2, 0.25) is 5.79 Å². The Balaban J connectivity index is 1.36. The van der Waals surface area contributed by atoms with Crippen LogP contribution in [0.2, 0.25) is 0 Å². The molecule has 46 heavy (non-hydrogen) atoms. The zero-order valence-corrected chi connectivity index (χ0v) is 25.7. The normalized spacial score (nSPS) is 25.5. The van der Waals surface area contributed by atoms with Gasteiger partial charge in [-0.05, 0) is 36.4 Å². The minimum atomic E-state index is -1.23. The molecule has 0 radical (unpaired) electrons. The van der Waals surface area contributed by atoms with E-state index in [9.17, 15) is 14.4 Å². The monoisotopic (exact) mass is 640 g/mol. The zero-order valence-electron chi connectivity index (χ0n) is 24.9. The molecule has 0 aromatic heterocycles. The van der Waals surface area contributed by atoms with Crippen molar-refractivity contribution in [2.75, 3.05) is 19.5 Å². The predicted molar refractivity (Wildman–Crippen MR) is 169 cm³/mol. The highest BCUT2D eigenvalue weighted by atomic mass is 32.2.